The SMILES string of the molecule is Fc1cc(-c2ccccc2)cc(-c2ccccc2)c1N(c1ccccc1)c1ccc2c(c1)Sc1cccc3c1c-2cc1ccc(N(c2ccccc2)c2c(F)cc(-c4ccccc4)cc2-c2ccccc2)cc13. The zero-order valence-corrected chi connectivity index (χ0v) is 40.3. The summed E-state index contributed by atoms with van der Waals surface area (Å²) >= 11 is 1.73. The molecule has 0 unspecified atom stereocenters. The van der Waals surface area contributed by atoms with Gasteiger partial charge >= 0.3 is 0 Å². The highest BCUT2D eigenvalue weighted by Gasteiger charge is 2.28. The fourth-order valence-electron chi connectivity index (χ4n) is 10.6. The average molecular weight is 959 g/mol. The number of fused-ring (bicyclic) bond motifs is 4. The molecule has 0 saturated heterocycles. The molecule has 346 valence electrons. The Morgan fingerprint density at radius 3 is 1.23 bits per heavy atom. The summed E-state index contributed by atoms with van der Waals surface area (Å²) in [6.45, 7) is 0. The van der Waals surface area contributed by atoms with Crippen LogP contribution >= 0.6 is 11.8 Å². The van der Waals surface area contributed by atoms with E-state index in [4.69, 9.17) is 0 Å². The number of halogens is 2. The van der Waals surface area contributed by atoms with E-state index in [0.717, 1.165) is 104 Å². The topological polar surface area (TPSA) is 6.48 Å². The lowest BCUT2D eigenvalue weighted by Gasteiger charge is -2.30. The maximum Gasteiger partial charge on any atom is 0.148 e. The zero-order chi connectivity index (χ0) is 48.8. The minimum absolute atomic E-state index is 0.315. The summed E-state index contributed by atoms with van der Waals surface area (Å²) in [5.41, 5.74) is 13.6. The molecule has 0 fully saturated rings. The van der Waals surface area contributed by atoms with Gasteiger partial charge in [-0.15, -0.1) is 0 Å². The van der Waals surface area contributed by atoms with Crippen molar-refractivity contribution in [2.75, 3.05) is 9.80 Å². The zero-order valence-electron chi connectivity index (χ0n) is 39.5. The van der Waals surface area contributed by atoms with Crippen LogP contribution in [0.4, 0.5) is 42.9 Å². The van der Waals surface area contributed by atoms with E-state index in [0.29, 0.717) is 11.4 Å². The molecule has 0 bridgehead atoms. The van der Waals surface area contributed by atoms with Crippen molar-refractivity contribution in [2.24, 2.45) is 0 Å². The molecule has 0 saturated carbocycles. The number of hydrogen-bond donors (Lipinski definition) is 0. The minimum Gasteiger partial charge on any atom is -0.307 e. The molecule has 13 rings (SSSR count). The van der Waals surface area contributed by atoms with Gasteiger partial charge in [-0.1, -0.05) is 194 Å². The third kappa shape index (κ3) is 8.01. The van der Waals surface area contributed by atoms with E-state index in [1.807, 2.05) is 182 Å². The Kier molecular flexibility index (Phi) is 11.2. The van der Waals surface area contributed by atoms with Crippen molar-refractivity contribution < 1.29 is 8.78 Å². The van der Waals surface area contributed by atoms with Gasteiger partial charge in [-0.25, -0.2) is 8.78 Å². The second kappa shape index (κ2) is 18.6. The number of nitrogens with zero attached hydrogens (tertiary/aromatic N) is 2. The van der Waals surface area contributed by atoms with Crippen LogP contribution in [0.1, 0.15) is 0 Å². The molecule has 12 aromatic rings. The average Bonchev–Trinajstić information content (AvgIpc) is 3.45. The van der Waals surface area contributed by atoms with Crippen molar-refractivity contribution in [2.45, 2.75) is 9.79 Å². The number of anilines is 6. The Bertz CT molecular complexity index is 4000. The molecule has 2 nitrogen and oxygen atoms in total. The predicted octanol–water partition coefficient (Wildman–Crippen LogP) is 20.0. The van der Waals surface area contributed by atoms with E-state index in [1.54, 1.807) is 23.9 Å². The van der Waals surface area contributed by atoms with Crippen LogP contribution < -0.4 is 9.80 Å². The summed E-state index contributed by atoms with van der Waals surface area (Å²) in [5, 5.41) is 4.42. The highest BCUT2D eigenvalue weighted by Crippen LogP contribution is 2.54. The highest BCUT2D eigenvalue weighted by atomic mass is 32.2. The van der Waals surface area contributed by atoms with E-state index in [-0.39, 0.29) is 11.6 Å². The maximum atomic E-state index is 17.4. The summed E-state index contributed by atoms with van der Waals surface area (Å²) in [4.78, 5) is 6.33. The van der Waals surface area contributed by atoms with E-state index >= 15 is 8.78 Å². The maximum absolute atomic E-state index is 17.4. The molecular weight excluding hydrogens is 915 g/mol. The van der Waals surface area contributed by atoms with Gasteiger partial charge in [0.1, 0.15) is 11.6 Å². The summed E-state index contributed by atoms with van der Waals surface area (Å²) in [7, 11) is 0. The molecule has 0 atom stereocenters. The molecule has 0 aromatic heterocycles. The summed E-state index contributed by atoms with van der Waals surface area (Å²) in [5.74, 6) is -0.632. The predicted molar refractivity (Wildman–Crippen MR) is 302 cm³/mol. The normalized spacial score (nSPS) is 11.6. The molecule has 12 aromatic carbocycles. The van der Waals surface area contributed by atoms with Crippen molar-refractivity contribution in [3.05, 3.63) is 279 Å². The quantitative estimate of drug-likeness (QED) is 0.126. The molecule has 73 heavy (non-hydrogen) atoms. The first kappa shape index (κ1) is 44.0. The molecule has 0 spiro atoms. The molecule has 0 radical (unpaired) electrons. The Labute approximate surface area is 427 Å². The van der Waals surface area contributed by atoms with Gasteiger partial charge in [0, 0.05) is 49.1 Å². The number of hydrogen-bond acceptors (Lipinski definition) is 3. The largest absolute Gasteiger partial charge is 0.307 e. The van der Waals surface area contributed by atoms with Gasteiger partial charge in [-0.2, -0.15) is 0 Å². The van der Waals surface area contributed by atoms with Gasteiger partial charge < -0.3 is 9.80 Å². The smallest absolute Gasteiger partial charge is 0.148 e. The van der Waals surface area contributed by atoms with Gasteiger partial charge in [0.2, 0.25) is 0 Å². The second-order valence-electron chi connectivity index (χ2n) is 18.3. The summed E-state index contributed by atoms with van der Waals surface area (Å²) < 4.78 is 34.7. The first-order valence-electron chi connectivity index (χ1n) is 24.4. The van der Waals surface area contributed by atoms with Crippen LogP contribution in [0.2, 0.25) is 0 Å². The number of rotatable bonds is 10. The number of benzene rings is 12. The first-order chi connectivity index (χ1) is 36.0. The number of para-hydroxylation sites is 2. The van der Waals surface area contributed by atoms with E-state index < -0.39 is 0 Å². The van der Waals surface area contributed by atoms with Crippen LogP contribution in [-0.4, -0.2) is 0 Å². The monoisotopic (exact) mass is 958 g/mol. The van der Waals surface area contributed by atoms with Gasteiger partial charge in [0.15, 0.2) is 0 Å². The molecule has 0 N–H and O–H groups in total. The van der Waals surface area contributed by atoms with Crippen molar-refractivity contribution in [3.8, 4) is 55.6 Å². The van der Waals surface area contributed by atoms with Crippen molar-refractivity contribution in [1.29, 1.82) is 0 Å². The van der Waals surface area contributed by atoms with Gasteiger partial charge in [-0.05, 0) is 146 Å². The Hall–Kier alpha value is -9.03. The summed E-state index contributed by atoms with van der Waals surface area (Å²) in [6.07, 6.45) is 0. The van der Waals surface area contributed by atoms with Crippen LogP contribution in [0.25, 0.3) is 77.2 Å². The lowest BCUT2D eigenvalue weighted by molar-refractivity contribution is 0.629. The van der Waals surface area contributed by atoms with Crippen LogP contribution in [0, 0.1) is 11.6 Å². The Morgan fingerprint density at radius 1 is 0.274 bits per heavy atom. The fraction of sp³-hybridized carbons (Fsp3) is 0. The third-order valence-electron chi connectivity index (χ3n) is 13.9. The van der Waals surface area contributed by atoms with Crippen molar-refractivity contribution >= 4 is 67.4 Å². The minimum atomic E-state index is -0.317. The van der Waals surface area contributed by atoms with Gasteiger partial charge in [0.05, 0.1) is 11.4 Å². The van der Waals surface area contributed by atoms with E-state index in [9.17, 15) is 0 Å². The van der Waals surface area contributed by atoms with E-state index in [2.05, 4.69) is 82.6 Å². The molecule has 0 amide bonds. The summed E-state index contributed by atoms with van der Waals surface area (Å²) in [6, 6.07) is 89.7. The Morgan fingerprint density at radius 2 is 0.726 bits per heavy atom. The van der Waals surface area contributed by atoms with Crippen LogP contribution in [-0.2, 0) is 0 Å². The van der Waals surface area contributed by atoms with E-state index in [1.165, 1.54) is 5.39 Å². The molecule has 5 heteroatoms. The lowest BCUT2D eigenvalue weighted by atomic mass is 9.91. The second-order valence-corrected chi connectivity index (χ2v) is 19.4. The van der Waals surface area contributed by atoms with Crippen LogP contribution in [0.5, 0.6) is 0 Å². The van der Waals surface area contributed by atoms with Crippen molar-refractivity contribution in [1.82, 2.24) is 0 Å². The van der Waals surface area contributed by atoms with Gasteiger partial charge in [-0.3, -0.25) is 0 Å². The molecular formula is C68H44F2N2S. The lowest BCUT2D eigenvalue weighted by Crippen LogP contribution is -2.14. The van der Waals surface area contributed by atoms with Gasteiger partial charge in [0.25, 0.3) is 0 Å². The first-order valence-corrected chi connectivity index (χ1v) is 25.3. The molecule has 0 aliphatic carbocycles. The molecule has 1 aliphatic rings. The fourth-order valence-corrected chi connectivity index (χ4v) is 11.7. The third-order valence-corrected chi connectivity index (χ3v) is 15.0. The van der Waals surface area contributed by atoms with Crippen LogP contribution in [0.3, 0.4) is 0 Å². The highest BCUT2D eigenvalue weighted by molar-refractivity contribution is 7.99. The van der Waals surface area contributed by atoms with Crippen molar-refractivity contribution in [3.63, 3.8) is 0 Å². The standard InChI is InChI=1S/C68H44F2N2S/c69-62-41-50(45-20-7-1-8-21-45)39-59(47-24-11-3-12-25-47)67(62)71(52-28-15-5-16-29-52)54-35-34-49-38-61-56-37-36-55(44-65(56)73-64-33-19-32-57(66(61)64)58(49)43-54)72(53-30-17-6-18-31-53)68-60(48-26-13-4-14-27-48)40-51(42-63(68)70)46-22-9-2-10-23-46/h1-44H. The van der Waals surface area contributed by atoms with Crippen LogP contribution in [0.15, 0.2) is 277 Å². The Balaban J connectivity index is 0.960. The molecule has 1 aliphatic heterocycles. The molecule has 1 heterocycles.